The van der Waals surface area contributed by atoms with Crippen LogP contribution in [0.3, 0.4) is 0 Å². The maximum atomic E-state index is 11.3. The number of amides is 1. The number of hydrogen-bond acceptors (Lipinski definition) is 3. The maximum absolute atomic E-state index is 11.3. The van der Waals surface area contributed by atoms with Crippen molar-refractivity contribution in [2.45, 2.75) is 51.2 Å². The third kappa shape index (κ3) is 4.61. The fourth-order valence-electron chi connectivity index (χ4n) is 1.77. The molecule has 92 valence electrons. The van der Waals surface area contributed by atoms with Crippen LogP contribution in [0.25, 0.3) is 0 Å². The Morgan fingerprint density at radius 2 is 2.00 bits per heavy atom. The molecule has 0 unspecified atom stereocenters. The van der Waals surface area contributed by atoms with Crippen molar-refractivity contribution in [3.05, 3.63) is 0 Å². The van der Waals surface area contributed by atoms with Crippen molar-refractivity contribution in [3.63, 3.8) is 0 Å². The van der Waals surface area contributed by atoms with Crippen LogP contribution in [0.1, 0.15) is 39.0 Å². The molecule has 1 rings (SSSR count). The molecule has 0 heterocycles. The van der Waals surface area contributed by atoms with Crippen LogP contribution in [0.5, 0.6) is 0 Å². The lowest BCUT2D eigenvalue weighted by molar-refractivity contribution is -0.142. The molecule has 0 spiro atoms. The summed E-state index contributed by atoms with van der Waals surface area (Å²) in [4.78, 5) is 21.8. The van der Waals surface area contributed by atoms with Crippen molar-refractivity contribution in [2.24, 2.45) is 0 Å². The predicted molar refractivity (Wildman–Crippen MR) is 58.1 cm³/mol. The van der Waals surface area contributed by atoms with Crippen molar-refractivity contribution in [1.82, 2.24) is 5.32 Å². The highest BCUT2D eigenvalue weighted by Crippen LogP contribution is 2.19. The van der Waals surface area contributed by atoms with E-state index in [0.29, 0.717) is 0 Å². The molecule has 1 aliphatic rings. The van der Waals surface area contributed by atoms with Gasteiger partial charge in [0.15, 0.2) is 0 Å². The third-order valence-electron chi connectivity index (χ3n) is 2.75. The fourth-order valence-corrected chi connectivity index (χ4v) is 1.77. The molecule has 0 radical (unpaired) electrons. The highest BCUT2D eigenvalue weighted by atomic mass is 16.5. The Balaban J connectivity index is 2.16. The summed E-state index contributed by atoms with van der Waals surface area (Å²) in [6, 6.07) is -0.859. The van der Waals surface area contributed by atoms with Crippen LogP contribution in [0.4, 0.5) is 0 Å². The minimum absolute atomic E-state index is 0.0394. The van der Waals surface area contributed by atoms with Crippen molar-refractivity contribution in [1.29, 1.82) is 0 Å². The molecule has 5 heteroatoms. The fraction of sp³-hybridized carbons (Fsp3) is 0.818. The first kappa shape index (κ1) is 13.0. The summed E-state index contributed by atoms with van der Waals surface area (Å²) in [6.45, 7) is 1.39. The van der Waals surface area contributed by atoms with Crippen molar-refractivity contribution in [2.75, 3.05) is 6.61 Å². The van der Waals surface area contributed by atoms with Crippen LogP contribution in [-0.4, -0.2) is 35.7 Å². The number of nitrogens with one attached hydrogen (secondary N) is 1. The van der Waals surface area contributed by atoms with Crippen LogP contribution in [-0.2, 0) is 14.3 Å². The molecule has 0 aromatic heterocycles. The van der Waals surface area contributed by atoms with E-state index in [4.69, 9.17) is 9.84 Å². The molecular weight excluding hydrogens is 210 g/mol. The summed E-state index contributed by atoms with van der Waals surface area (Å²) in [5.74, 6) is -1.40. The minimum atomic E-state index is -1.04. The molecule has 1 saturated carbocycles. The number of ether oxygens (including phenoxy) is 1. The Morgan fingerprint density at radius 1 is 1.38 bits per heavy atom. The van der Waals surface area contributed by atoms with E-state index in [1.54, 1.807) is 0 Å². The lowest BCUT2D eigenvalue weighted by atomic mass is 9.98. The van der Waals surface area contributed by atoms with E-state index in [-0.39, 0.29) is 18.6 Å². The molecule has 1 aliphatic carbocycles. The Hall–Kier alpha value is -1.10. The highest BCUT2D eigenvalue weighted by molar-refractivity contribution is 5.83. The molecule has 1 atom stereocenters. The summed E-state index contributed by atoms with van der Waals surface area (Å²) in [5, 5.41) is 10.9. The molecule has 1 amide bonds. The van der Waals surface area contributed by atoms with Gasteiger partial charge in [-0.05, 0) is 19.8 Å². The van der Waals surface area contributed by atoms with E-state index in [0.717, 1.165) is 25.7 Å². The second-order valence-electron chi connectivity index (χ2n) is 4.20. The summed E-state index contributed by atoms with van der Waals surface area (Å²) in [7, 11) is 0. The molecule has 1 fully saturated rings. The number of carboxylic acids is 1. The molecule has 0 aromatic carbocycles. The smallest absolute Gasteiger partial charge is 0.325 e. The second kappa shape index (κ2) is 6.48. The van der Waals surface area contributed by atoms with Gasteiger partial charge in [-0.25, -0.2) is 0 Å². The Kier molecular flexibility index (Phi) is 5.25. The minimum Gasteiger partial charge on any atom is -0.480 e. The van der Waals surface area contributed by atoms with Gasteiger partial charge in [0.25, 0.3) is 0 Å². The first-order chi connectivity index (χ1) is 7.59. The monoisotopic (exact) mass is 229 g/mol. The van der Waals surface area contributed by atoms with E-state index < -0.39 is 12.0 Å². The summed E-state index contributed by atoms with van der Waals surface area (Å²) in [6.07, 6.45) is 5.71. The first-order valence-corrected chi connectivity index (χ1v) is 5.73. The quantitative estimate of drug-likeness (QED) is 0.735. The van der Waals surface area contributed by atoms with Gasteiger partial charge >= 0.3 is 5.97 Å². The summed E-state index contributed by atoms with van der Waals surface area (Å²) in [5.41, 5.74) is 0. The third-order valence-corrected chi connectivity index (χ3v) is 2.75. The van der Waals surface area contributed by atoms with Gasteiger partial charge in [0.05, 0.1) is 6.10 Å². The second-order valence-corrected chi connectivity index (χ2v) is 4.20. The largest absolute Gasteiger partial charge is 0.480 e. The molecular formula is C11H19NO4. The molecule has 16 heavy (non-hydrogen) atoms. The predicted octanol–water partition coefficient (Wildman–Crippen LogP) is 0.925. The zero-order chi connectivity index (χ0) is 12.0. The van der Waals surface area contributed by atoms with E-state index in [1.807, 2.05) is 0 Å². The molecule has 0 saturated heterocycles. The van der Waals surface area contributed by atoms with Crippen LogP contribution in [0.2, 0.25) is 0 Å². The SMILES string of the molecule is C[C@@H](NC(=O)COC1CCCCC1)C(=O)O. The van der Waals surface area contributed by atoms with E-state index in [9.17, 15) is 9.59 Å². The Morgan fingerprint density at radius 3 is 2.56 bits per heavy atom. The number of hydrogen-bond donors (Lipinski definition) is 2. The summed E-state index contributed by atoms with van der Waals surface area (Å²) >= 11 is 0. The average molecular weight is 229 g/mol. The van der Waals surface area contributed by atoms with Crippen LogP contribution in [0, 0.1) is 0 Å². The van der Waals surface area contributed by atoms with Gasteiger partial charge in [0, 0.05) is 0 Å². The van der Waals surface area contributed by atoms with Gasteiger partial charge < -0.3 is 15.2 Å². The molecule has 0 bridgehead atoms. The normalized spacial score (nSPS) is 19.1. The summed E-state index contributed by atoms with van der Waals surface area (Å²) < 4.78 is 5.42. The maximum Gasteiger partial charge on any atom is 0.325 e. The van der Waals surface area contributed by atoms with E-state index >= 15 is 0 Å². The lowest BCUT2D eigenvalue weighted by Gasteiger charge is -2.21. The zero-order valence-electron chi connectivity index (χ0n) is 9.57. The van der Waals surface area contributed by atoms with Gasteiger partial charge in [-0.15, -0.1) is 0 Å². The lowest BCUT2D eigenvalue weighted by Crippen LogP contribution is -2.41. The van der Waals surface area contributed by atoms with Gasteiger partial charge in [0.2, 0.25) is 5.91 Å². The molecule has 2 N–H and O–H groups in total. The number of carboxylic acid groups (broad SMARTS) is 1. The molecule has 0 aliphatic heterocycles. The average Bonchev–Trinajstić information content (AvgIpc) is 2.27. The Labute approximate surface area is 95.2 Å². The highest BCUT2D eigenvalue weighted by Gasteiger charge is 2.17. The van der Waals surface area contributed by atoms with Gasteiger partial charge in [-0.2, -0.15) is 0 Å². The van der Waals surface area contributed by atoms with Crippen LogP contribution >= 0.6 is 0 Å². The topological polar surface area (TPSA) is 75.6 Å². The van der Waals surface area contributed by atoms with E-state index in [2.05, 4.69) is 5.32 Å². The van der Waals surface area contributed by atoms with Crippen molar-refractivity contribution < 1.29 is 19.4 Å². The van der Waals surface area contributed by atoms with Crippen LogP contribution in [0.15, 0.2) is 0 Å². The number of carbonyl (C=O) groups excluding carboxylic acids is 1. The number of aliphatic carboxylic acids is 1. The van der Waals surface area contributed by atoms with E-state index in [1.165, 1.54) is 13.3 Å². The first-order valence-electron chi connectivity index (χ1n) is 5.73. The standard InChI is InChI=1S/C11H19NO4/c1-8(11(14)15)12-10(13)7-16-9-5-3-2-4-6-9/h8-9H,2-7H2,1H3,(H,12,13)(H,14,15)/t8-/m1/s1. The molecule has 5 nitrogen and oxygen atoms in total. The van der Waals surface area contributed by atoms with Crippen molar-refractivity contribution in [3.8, 4) is 0 Å². The van der Waals surface area contributed by atoms with Crippen molar-refractivity contribution >= 4 is 11.9 Å². The van der Waals surface area contributed by atoms with Gasteiger partial charge in [0.1, 0.15) is 12.6 Å². The molecule has 0 aromatic rings. The number of carbonyl (C=O) groups is 2. The zero-order valence-corrected chi connectivity index (χ0v) is 9.57. The Bertz CT molecular complexity index is 248. The van der Waals surface area contributed by atoms with Gasteiger partial charge in [-0.3, -0.25) is 9.59 Å². The van der Waals surface area contributed by atoms with Crippen LogP contribution < -0.4 is 5.32 Å². The van der Waals surface area contributed by atoms with Gasteiger partial charge in [-0.1, -0.05) is 19.3 Å². The number of rotatable bonds is 5.